The molecule has 0 aromatic carbocycles. The van der Waals surface area contributed by atoms with Crippen molar-refractivity contribution in [3.05, 3.63) is 34.7 Å². The van der Waals surface area contributed by atoms with Crippen molar-refractivity contribution in [2.24, 2.45) is 5.92 Å². The summed E-state index contributed by atoms with van der Waals surface area (Å²) in [7, 11) is 0. The van der Waals surface area contributed by atoms with Crippen LogP contribution in [-0.2, 0) is 4.74 Å². The van der Waals surface area contributed by atoms with Gasteiger partial charge >= 0.3 is 11.8 Å². The van der Waals surface area contributed by atoms with E-state index < -0.39 is 16.6 Å². The van der Waals surface area contributed by atoms with Crippen LogP contribution in [0.15, 0.2) is 18.8 Å². The van der Waals surface area contributed by atoms with Crippen LogP contribution in [0.1, 0.15) is 39.8 Å². The van der Waals surface area contributed by atoms with Crippen molar-refractivity contribution in [1.29, 1.82) is 0 Å². The molecule has 142 valence electrons. The molecular formula is C18H26N4O4. The predicted octanol–water partition coefficient (Wildman–Crippen LogP) is 3.37. The number of nitro groups is 1. The van der Waals surface area contributed by atoms with Crippen molar-refractivity contribution in [2.75, 3.05) is 18.0 Å². The third-order valence-electron chi connectivity index (χ3n) is 4.01. The average Bonchev–Trinajstić information content (AvgIpc) is 2.51. The lowest BCUT2D eigenvalue weighted by Gasteiger charge is -2.38. The van der Waals surface area contributed by atoms with Crippen LogP contribution in [0.3, 0.4) is 0 Å². The summed E-state index contributed by atoms with van der Waals surface area (Å²) in [6, 6.07) is 1.50. The fraction of sp³-hybridized carbons (Fsp3) is 0.556. The summed E-state index contributed by atoms with van der Waals surface area (Å²) in [5.74, 6) is 0.253. The summed E-state index contributed by atoms with van der Waals surface area (Å²) in [6.07, 6.45) is 3.11. The zero-order valence-corrected chi connectivity index (χ0v) is 15.7. The van der Waals surface area contributed by atoms with Gasteiger partial charge in [-0.2, -0.15) is 0 Å². The summed E-state index contributed by atoms with van der Waals surface area (Å²) in [5.41, 5.74) is 0.427. The Morgan fingerprint density at radius 2 is 2.19 bits per heavy atom. The Bertz CT molecular complexity index is 699. The highest BCUT2D eigenvalue weighted by molar-refractivity contribution is 5.69. The molecule has 2 rings (SSSR count). The topological polar surface area (TPSA) is 97.6 Å². The van der Waals surface area contributed by atoms with Crippen LogP contribution < -0.4 is 10.2 Å². The number of rotatable bonds is 4. The van der Waals surface area contributed by atoms with Crippen molar-refractivity contribution >= 4 is 23.5 Å². The number of piperidine rings is 1. The van der Waals surface area contributed by atoms with Crippen molar-refractivity contribution in [3.8, 4) is 0 Å². The highest BCUT2D eigenvalue weighted by atomic mass is 16.6. The van der Waals surface area contributed by atoms with Gasteiger partial charge in [0, 0.05) is 19.1 Å². The van der Waals surface area contributed by atoms with Crippen LogP contribution in [0.5, 0.6) is 0 Å². The monoisotopic (exact) mass is 362 g/mol. The van der Waals surface area contributed by atoms with Crippen molar-refractivity contribution < 1.29 is 14.5 Å². The fourth-order valence-corrected chi connectivity index (χ4v) is 3.09. The summed E-state index contributed by atoms with van der Waals surface area (Å²) in [6.45, 7) is 12.3. The van der Waals surface area contributed by atoms with E-state index in [1.807, 2.05) is 4.90 Å². The zero-order valence-electron chi connectivity index (χ0n) is 15.7. The van der Waals surface area contributed by atoms with Crippen LogP contribution in [0, 0.1) is 16.0 Å². The molecule has 8 heteroatoms. The van der Waals surface area contributed by atoms with E-state index in [0.29, 0.717) is 24.5 Å². The Kier molecular flexibility index (Phi) is 5.84. The molecule has 2 atom stereocenters. The minimum Gasteiger partial charge on any atom is -0.444 e. The van der Waals surface area contributed by atoms with E-state index in [9.17, 15) is 14.9 Å². The molecule has 0 aliphatic carbocycles. The summed E-state index contributed by atoms with van der Waals surface area (Å²) < 4.78 is 5.32. The number of amides is 1. The van der Waals surface area contributed by atoms with Gasteiger partial charge < -0.3 is 15.0 Å². The van der Waals surface area contributed by atoms with Crippen LogP contribution in [0.2, 0.25) is 0 Å². The van der Waals surface area contributed by atoms with E-state index in [2.05, 4.69) is 23.8 Å². The zero-order chi connectivity index (χ0) is 19.5. The first-order valence-corrected chi connectivity index (χ1v) is 8.60. The number of carbonyl (C=O) groups is 1. The van der Waals surface area contributed by atoms with Crippen molar-refractivity contribution in [2.45, 2.75) is 45.8 Å². The van der Waals surface area contributed by atoms with Gasteiger partial charge in [0.25, 0.3) is 0 Å². The number of hydrogen-bond donors (Lipinski definition) is 1. The molecule has 1 saturated heterocycles. The number of alkyl carbamates (subject to hydrolysis) is 1. The average molecular weight is 362 g/mol. The van der Waals surface area contributed by atoms with E-state index in [0.717, 1.165) is 6.42 Å². The number of anilines is 1. The van der Waals surface area contributed by atoms with Gasteiger partial charge in [-0.1, -0.05) is 13.5 Å². The standard InChI is InChI=1S/C18H26N4O4/c1-6-13-8-15(16(9-19-13)22(24)25)21-10-12(2)7-14(11-21)20-17(23)26-18(3,4)5/h6,8-9,12,14H,1,7,10-11H2,2-5H3,(H,20,23)/t12-,14+/m1/s1. The van der Waals surface area contributed by atoms with E-state index in [1.165, 1.54) is 6.20 Å². The normalized spacial score (nSPS) is 20.4. The number of nitrogens with one attached hydrogen (secondary N) is 1. The lowest BCUT2D eigenvalue weighted by Crippen LogP contribution is -2.51. The smallest absolute Gasteiger partial charge is 0.407 e. The van der Waals surface area contributed by atoms with Gasteiger partial charge in [0.1, 0.15) is 17.5 Å². The Labute approximate surface area is 153 Å². The Balaban J connectivity index is 2.21. The molecule has 1 aromatic heterocycles. The third kappa shape index (κ3) is 5.18. The van der Waals surface area contributed by atoms with Gasteiger partial charge in [0.2, 0.25) is 0 Å². The SMILES string of the molecule is C=Cc1cc(N2C[C@H](C)C[C@H](NC(=O)OC(C)(C)C)C2)c([N+](=O)[O-])cn1. The molecule has 1 N–H and O–H groups in total. The maximum Gasteiger partial charge on any atom is 0.407 e. The second-order valence-corrected chi connectivity index (χ2v) is 7.65. The second kappa shape index (κ2) is 7.72. The number of ether oxygens (including phenoxy) is 1. The molecule has 1 amide bonds. The van der Waals surface area contributed by atoms with Crippen molar-refractivity contribution in [3.63, 3.8) is 0 Å². The maximum absolute atomic E-state index is 12.1. The molecule has 1 aliphatic heterocycles. The molecule has 0 unspecified atom stereocenters. The lowest BCUT2D eigenvalue weighted by molar-refractivity contribution is -0.384. The molecule has 26 heavy (non-hydrogen) atoms. The molecular weight excluding hydrogens is 336 g/mol. The molecule has 1 fully saturated rings. The van der Waals surface area contributed by atoms with Crippen LogP contribution in [0.25, 0.3) is 6.08 Å². The van der Waals surface area contributed by atoms with Crippen LogP contribution in [-0.4, -0.2) is 40.7 Å². The minimum atomic E-state index is -0.577. The Morgan fingerprint density at radius 1 is 1.50 bits per heavy atom. The molecule has 0 spiro atoms. The highest BCUT2D eigenvalue weighted by Gasteiger charge is 2.31. The molecule has 1 aliphatic rings. The number of carbonyl (C=O) groups excluding carboxylic acids is 1. The van der Waals surface area contributed by atoms with Crippen molar-refractivity contribution in [1.82, 2.24) is 10.3 Å². The highest BCUT2D eigenvalue weighted by Crippen LogP contribution is 2.32. The first kappa shape index (κ1) is 19.7. The van der Waals surface area contributed by atoms with Gasteiger partial charge in [0.05, 0.1) is 10.6 Å². The van der Waals surface area contributed by atoms with Gasteiger partial charge in [-0.05, 0) is 45.3 Å². The van der Waals surface area contributed by atoms with Crippen LogP contribution >= 0.6 is 0 Å². The number of nitrogens with zero attached hydrogens (tertiary/aromatic N) is 3. The number of hydrogen-bond acceptors (Lipinski definition) is 6. The molecule has 8 nitrogen and oxygen atoms in total. The molecule has 0 radical (unpaired) electrons. The Hall–Kier alpha value is -2.64. The van der Waals surface area contributed by atoms with E-state index in [4.69, 9.17) is 4.74 Å². The lowest BCUT2D eigenvalue weighted by atomic mass is 9.95. The molecule has 2 heterocycles. The predicted molar refractivity (Wildman–Crippen MR) is 100 cm³/mol. The van der Waals surface area contributed by atoms with E-state index in [-0.39, 0.29) is 17.6 Å². The third-order valence-corrected chi connectivity index (χ3v) is 4.01. The first-order chi connectivity index (χ1) is 12.1. The number of pyridine rings is 1. The first-order valence-electron chi connectivity index (χ1n) is 8.60. The maximum atomic E-state index is 12.1. The quantitative estimate of drug-likeness (QED) is 0.651. The van der Waals surface area contributed by atoms with Gasteiger partial charge in [-0.15, -0.1) is 0 Å². The van der Waals surface area contributed by atoms with Crippen LogP contribution in [0.4, 0.5) is 16.2 Å². The summed E-state index contributed by atoms with van der Waals surface area (Å²) in [4.78, 5) is 29.0. The molecule has 0 saturated carbocycles. The largest absolute Gasteiger partial charge is 0.444 e. The minimum absolute atomic E-state index is 0.0549. The molecule has 0 bridgehead atoms. The van der Waals surface area contributed by atoms with E-state index in [1.54, 1.807) is 32.9 Å². The Morgan fingerprint density at radius 3 is 2.77 bits per heavy atom. The van der Waals surface area contributed by atoms with Gasteiger partial charge in [0.15, 0.2) is 0 Å². The van der Waals surface area contributed by atoms with Gasteiger partial charge in [-0.25, -0.2) is 9.78 Å². The summed E-state index contributed by atoms with van der Waals surface area (Å²) in [5, 5.41) is 14.3. The van der Waals surface area contributed by atoms with E-state index >= 15 is 0 Å². The fourth-order valence-electron chi connectivity index (χ4n) is 3.09. The number of aromatic nitrogens is 1. The summed E-state index contributed by atoms with van der Waals surface area (Å²) >= 11 is 0. The second-order valence-electron chi connectivity index (χ2n) is 7.65. The molecule has 1 aromatic rings. The van der Waals surface area contributed by atoms with Gasteiger partial charge in [-0.3, -0.25) is 10.1 Å².